The van der Waals surface area contributed by atoms with Crippen LogP contribution in [0.15, 0.2) is 5.16 Å². The zero-order valence-corrected chi connectivity index (χ0v) is 5.80. The highest BCUT2D eigenvalue weighted by Gasteiger charge is 2.17. The number of hydrogen-bond acceptors (Lipinski definition) is 2. The standard InChI is InChI=1S/C7H13NO/c1-6(8-9)7-4-2-3-5-7/h7,9H,2-5H2,1H3/b8-6-. The Morgan fingerprint density at radius 2 is 2.00 bits per heavy atom. The van der Waals surface area contributed by atoms with Crippen molar-refractivity contribution in [2.45, 2.75) is 32.6 Å². The molecule has 9 heavy (non-hydrogen) atoms. The molecule has 0 atom stereocenters. The van der Waals surface area contributed by atoms with E-state index in [0.717, 1.165) is 5.71 Å². The van der Waals surface area contributed by atoms with Gasteiger partial charge in [-0.15, -0.1) is 0 Å². The average Bonchev–Trinajstić information content (AvgIpc) is 2.37. The molecule has 0 aromatic rings. The summed E-state index contributed by atoms with van der Waals surface area (Å²) in [5.41, 5.74) is 0.910. The lowest BCUT2D eigenvalue weighted by atomic mass is 10.0. The van der Waals surface area contributed by atoms with Gasteiger partial charge in [-0.1, -0.05) is 18.0 Å². The zero-order valence-electron chi connectivity index (χ0n) is 5.80. The lowest BCUT2D eigenvalue weighted by Crippen LogP contribution is -2.05. The van der Waals surface area contributed by atoms with Crippen molar-refractivity contribution < 1.29 is 5.21 Å². The van der Waals surface area contributed by atoms with Crippen molar-refractivity contribution >= 4 is 5.71 Å². The van der Waals surface area contributed by atoms with Gasteiger partial charge in [-0.25, -0.2) is 0 Å². The molecule has 1 saturated carbocycles. The molecule has 0 spiro atoms. The molecule has 1 rings (SSSR count). The molecule has 1 aliphatic carbocycles. The molecule has 52 valence electrons. The largest absolute Gasteiger partial charge is 0.411 e. The number of nitrogens with zero attached hydrogens (tertiary/aromatic N) is 1. The van der Waals surface area contributed by atoms with E-state index in [4.69, 9.17) is 5.21 Å². The maximum atomic E-state index is 8.38. The first-order chi connectivity index (χ1) is 4.34. The first-order valence-electron chi connectivity index (χ1n) is 3.53. The van der Waals surface area contributed by atoms with Crippen molar-refractivity contribution in [1.82, 2.24) is 0 Å². The average molecular weight is 127 g/mol. The third kappa shape index (κ3) is 1.44. The van der Waals surface area contributed by atoms with E-state index in [0.29, 0.717) is 5.92 Å². The van der Waals surface area contributed by atoms with E-state index in [1.807, 2.05) is 6.92 Å². The Hall–Kier alpha value is -0.530. The summed E-state index contributed by atoms with van der Waals surface area (Å²) in [7, 11) is 0. The minimum absolute atomic E-state index is 0.579. The van der Waals surface area contributed by atoms with Crippen LogP contribution in [0, 0.1) is 5.92 Å². The molecule has 0 saturated heterocycles. The van der Waals surface area contributed by atoms with Gasteiger partial charge < -0.3 is 5.21 Å². The van der Waals surface area contributed by atoms with Gasteiger partial charge >= 0.3 is 0 Å². The van der Waals surface area contributed by atoms with Gasteiger partial charge in [-0.05, 0) is 19.8 Å². The predicted molar refractivity (Wildman–Crippen MR) is 36.9 cm³/mol. The Kier molecular flexibility index (Phi) is 2.09. The van der Waals surface area contributed by atoms with Gasteiger partial charge in [-0.3, -0.25) is 0 Å². The SMILES string of the molecule is C/C(=N/O)C1CCCC1. The van der Waals surface area contributed by atoms with Crippen LogP contribution in [-0.2, 0) is 0 Å². The van der Waals surface area contributed by atoms with E-state index in [9.17, 15) is 0 Å². The van der Waals surface area contributed by atoms with Crippen molar-refractivity contribution in [2.24, 2.45) is 11.1 Å². The summed E-state index contributed by atoms with van der Waals surface area (Å²) < 4.78 is 0. The Morgan fingerprint density at radius 1 is 1.44 bits per heavy atom. The van der Waals surface area contributed by atoms with Gasteiger partial charge in [0.1, 0.15) is 0 Å². The summed E-state index contributed by atoms with van der Waals surface area (Å²) >= 11 is 0. The predicted octanol–water partition coefficient (Wildman–Crippen LogP) is 2.03. The monoisotopic (exact) mass is 127 g/mol. The second-order valence-corrected chi connectivity index (χ2v) is 2.72. The van der Waals surface area contributed by atoms with Crippen LogP contribution < -0.4 is 0 Å². The summed E-state index contributed by atoms with van der Waals surface area (Å²) in [6.45, 7) is 1.90. The maximum Gasteiger partial charge on any atom is 0.0570 e. The fraction of sp³-hybridized carbons (Fsp3) is 0.857. The topological polar surface area (TPSA) is 32.6 Å². The first kappa shape index (κ1) is 6.59. The van der Waals surface area contributed by atoms with Crippen molar-refractivity contribution in [2.75, 3.05) is 0 Å². The fourth-order valence-electron chi connectivity index (χ4n) is 1.43. The number of oxime groups is 1. The Labute approximate surface area is 55.6 Å². The first-order valence-corrected chi connectivity index (χ1v) is 3.53. The number of rotatable bonds is 1. The van der Waals surface area contributed by atoms with E-state index in [1.54, 1.807) is 0 Å². The molecule has 0 bridgehead atoms. The smallest absolute Gasteiger partial charge is 0.0570 e. The Balaban J connectivity index is 2.42. The Bertz CT molecular complexity index is 114. The molecule has 0 aromatic heterocycles. The lowest BCUT2D eigenvalue weighted by Gasteiger charge is -2.03. The molecule has 0 radical (unpaired) electrons. The van der Waals surface area contributed by atoms with E-state index >= 15 is 0 Å². The highest BCUT2D eigenvalue weighted by molar-refractivity contribution is 5.83. The molecule has 0 unspecified atom stereocenters. The lowest BCUT2D eigenvalue weighted by molar-refractivity contribution is 0.314. The third-order valence-electron chi connectivity index (χ3n) is 2.10. The second kappa shape index (κ2) is 2.85. The minimum atomic E-state index is 0.579. The molecular formula is C7H13NO. The van der Waals surface area contributed by atoms with E-state index in [1.165, 1.54) is 25.7 Å². The molecule has 1 N–H and O–H groups in total. The van der Waals surface area contributed by atoms with Gasteiger partial charge in [0.05, 0.1) is 5.71 Å². The molecule has 0 amide bonds. The minimum Gasteiger partial charge on any atom is -0.411 e. The quantitative estimate of drug-likeness (QED) is 0.326. The molecule has 1 aliphatic rings. The van der Waals surface area contributed by atoms with Gasteiger partial charge in [0.15, 0.2) is 0 Å². The molecule has 0 aliphatic heterocycles. The summed E-state index contributed by atoms with van der Waals surface area (Å²) in [4.78, 5) is 0. The number of hydrogen-bond donors (Lipinski definition) is 1. The molecule has 0 aromatic carbocycles. The Morgan fingerprint density at radius 3 is 2.44 bits per heavy atom. The van der Waals surface area contributed by atoms with Crippen molar-refractivity contribution in [1.29, 1.82) is 0 Å². The van der Waals surface area contributed by atoms with Crippen LogP contribution in [0.2, 0.25) is 0 Å². The normalized spacial score (nSPS) is 23.0. The highest BCUT2D eigenvalue weighted by Crippen LogP contribution is 2.25. The van der Waals surface area contributed by atoms with Crippen molar-refractivity contribution in [3.63, 3.8) is 0 Å². The fourth-order valence-corrected chi connectivity index (χ4v) is 1.43. The van der Waals surface area contributed by atoms with Crippen LogP contribution in [-0.4, -0.2) is 10.9 Å². The second-order valence-electron chi connectivity index (χ2n) is 2.72. The zero-order chi connectivity index (χ0) is 6.69. The van der Waals surface area contributed by atoms with Crippen LogP contribution in [0.25, 0.3) is 0 Å². The third-order valence-corrected chi connectivity index (χ3v) is 2.10. The van der Waals surface area contributed by atoms with Crippen molar-refractivity contribution in [3.05, 3.63) is 0 Å². The van der Waals surface area contributed by atoms with Crippen molar-refractivity contribution in [3.8, 4) is 0 Å². The van der Waals surface area contributed by atoms with Gasteiger partial charge in [0.25, 0.3) is 0 Å². The van der Waals surface area contributed by atoms with E-state index < -0.39 is 0 Å². The van der Waals surface area contributed by atoms with Gasteiger partial charge in [0, 0.05) is 5.92 Å². The van der Waals surface area contributed by atoms with Crippen LogP contribution in [0.4, 0.5) is 0 Å². The van der Waals surface area contributed by atoms with Crippen LogP contribution in [0.5, 0.6) is 0 Å². The van der Waals surface area contributed by atoms with E-state index in [-0.39, 0.29) is 0 Å². The molecular weight excluding hydrogens is 114 g/mol. The summed E-state index contributed by atoms with van der Waals surface area (Å²) in [6.07, 6.45) is 5.04. The molecule has 1 fully saturated rings. The van der Waals surface area contributed by atoms with Crippen LogP contribution >= 0.6 is 0 Å². The molecule has 2 nitrogen and oxygen atoms in total. The summed E-state index contributed by atoms with van der Waals surface area (Å²) in [6, 6.07) is 0. The highest BCUT2D eigenvalue weighted by atomic mass is 16.4. The van der Waals surface area contributed by atoms with Gasteiger partial charge in [0.2, 0.25) is 0 Å². The van der Waals surface area contributed by atoms with E-state index in [2.05, 4.69) is 5.16 Å². The van der Waals surface area contributed by atoms with Crippen LogP contribution in [0.3, 0.4) is 0 Å². The summed E-state index contributed by atoms with van der Waals surface area (Å²) in [5, 5.41) is 11.6. The molecule has 2 heteroatoms. The van der Waals surface area contributed by atoms with Gasteiger partial charge in [-0.2, -0.15) is 0 Å². The molecule has 0 heterocycles. The maximum absolute atomic E-state index is 8.38. The summed E-state index contributed by atoms with van der Waals surface area (Å²) in [5.74, 6) is 0.579. The van der Waals surface area contributed by atoms with Crippen LogP contribution in [0.1, 0.15) is 32.6 Å².